The summed E-state index contributed by atoms with van der Waals surface area (Å²) in [5, 5.41) is 6.78. The van der Waals surface area contributed by atoms with Crippen LogP contribution in [0.2, 0.25) is 0 Å². The third-order valence-corrected chi connectivity index (χ3v) is 5.34. The van der Waals surface area contributed by atoms with Crippen molar-refractivity contribution >= 4 is 11.9 Å². The van der Waals surface area contributed by atoms with Gasteiger partial charge in [0.05, 0.1) is 0 Å². The summed E-state index contributed by atoms with van der Waals surface area (Å²) in [5.41, 5.74) is 6.69. The number of rotatable bonds is 10. The van der Waals surface area contributed by atoms with Crippen molar-refractivity contribution in [2.45, 2.75) is 52.4 Å². The van der Waals surface area contributed by atoms with Gasteiger partial charge in [-0.3, -0.25) is 9.79 Å². The van der Waals surface area contributed by atoms with Crippen LogP contribution in [0.4, 0.5) is 0 Å². The standard InChI is InChI=1S/C21H34N4O2/c1-3-21(12-5-6-13-21)16-25-20(23-4-2)24-14-11-17-7-9-18(10-8-17)27-15-19(22)26/h7-10H,3-6,11-16H2,1-2H3,(H2,22,26)(H2,23,24,25). The number of nitrogens with zero attached hydrogens (tertiary/aromatic N) is 1. The molecule has 1 aliphatic carbocycles. The van der Waals surface area contributed by atoms with E-state index in [-0.39, 0.29) is 6.61 Å². The van der Waals surface area contributed by atoms with E-state index in [1.54, 1.807) is 0 Å². The zero-order chi connectivity index (χ0) is 19.5. The molecule has 0 bridgehead atoms. The first-order chi connectivity index (χ1) is 13.1. The van der Waals surface area contributed by atoms with E-state index in [0.717, 1.165) is 32.0 Å². The minimum atomic E-state index is -0.471. The number of carbonyl (C=O) groups excluding carboxylic acids is 1. The number of benzene rings is 1. The van der Waals surface area contributed by atoms with E-state index in [0.29, 0.717) is 11.2 Å². The Kier molecular flexibility index (Phi) is 8.43. The molecule has 2 rings (SSSR count). The maximum atomic E-state index is 10.7. The van der Waals surface area contributed by atoms with Crippen molar-refractivity contribution in [3.05, 3.63) is 29.8 Å². The highest BCUT2D eigenvalue weighted by molar-refractivity contribution is 5.79. The minimum absolute atomic E-state index is 0.0946. The second-order valence-electron chi connectivity index (χ2n) is 7.33. The average Bonchev–Trinajstić information content (AvgIpc) is 3.15. The van der Waals surface area contributed by atoms with Crippen molar-refractivity contribution in [3.63, 3.8) is 0 Å². The summed E-state index contributed by atoms with van der Waals surface area (Å²) >= 11 is 0. The summed E-state index contributed by atoms with van der Waals surface area (Å²) < 4.78 is 5.28. The van der Waals surface area contributed by atoms with Crippen LogP contribution in [0.5, 0.6) is 5.75 Å². The molecule has 1 fully saturated rings. The van der Waals surface area contributed by atoms with Crippen LogP contribution in [0.1, 0.15) is 51.5 Å². The Bertz CT molecular complexity index is 607. The van der Waals surface area contributed by atoms with Crippen molar-refractivity contribution in [2.75, 3.05) is 26.2 Å². The van der Waals surface area contributed by atoms with E-state index in [9.17, 15) is 4.79 Å². The zero-order valence-electron chi connectivity index (χ0n) is 16.7. The van der Waals surface area contributed by atoms with Gasteiger partial charge in [0.1, 0.15) is 5.75 Å². The van der Waals surface area contributed by atoms with Crippen molar-refractivity contribution in [1.82, 2.24) is 10.6 Å². The molecule has 1 aliphatic rings. The molecule has 4 N–H and O–H groups in total. The molecule has 0 unspecified atom stereocenters. The van der Waals surface area contributed by atoms with Gasteiger partial charge in [0.15, 0.2) is 12.6 Å². The summed E-state index contributed by atoms with van der Waals surface area (Å²) in [6, 6.07) is 7.74. The van der Waals surface area contributed by atoms with Crippen LogP contribution in [0, 0.1) is 5.41 Å². The maximum Gasteiger partial charge on any atom is 0.255 e. The molecule has 6 heteroatoms. The Morgan fingerprint density at radius 1 is 1.19 bits per heavy atom. The summed E-state index contributed by atoms with van der Waals surface area (Å²) in [7, 11) is 0. The van der Waals surface area contributed by atoms with Crippen LogP contribution in [0.25, 0.3) is 0 Å². The van der Waals surface area contributed by atoms with Gasteiger partial charge in [0, 0.05) is 19.6 Å². The highest BCUT2D eigenvalue weighted by atomic mass is 16.5. The largest absolute Gasteiger partial charge is 0.484 e. The number of amides is 1. The molecule has 1 aromatic rings. The van der Waals surface area contributed by atoms with Gasteiger partial charge in [0.25, 0.3) is 5.91 Å². The number of hydrogen-bond donors (Lipinski definition) is 3. The van der Waals surface area contributed by atoms with Crippen molar-refractivity contribution in [1.29, 1.82) is 0 Å². The fourth-order valence-corrected chi connectivity index (χ4v) is 3.57. The molecule has 6 nitrogen and oxygen atoms in total. The second-order valence-corrected chi connectivity index (χ2v) is 7.33. The van der Waals surface area contributed by atoms with Gasteiger partial charge < -0.3 is 21.1 Å². The van der Waals surface area contributed by atoms with Gasteiger partial charge in [-0.1, -0.05) is 31.9 Å². The molecule has 0 spiro atoms. The molecule has 1 saturated carbocycles. The van der Waals surface area contributed by atoms with E-state index >= 15 is 0 Å². The number of ether oxygens (including phenoxy) is 1. The third-order valence-electron chi connectivity index (χ3n) is 5.34. The van der Waals surface area contributed by atoms with E-state index < -0.39 is 5.91 Å². The smallest absolute Gasteiger partial charge is 0.255 e. The first kappa shape index (κ1) is 21.1. The van der Waals surface area contributed by atoms with Crippen LogP contribution < -0.4 is 21.1 Å². The van der Waals surface area contributed by atoms with Gasteiger partial charge in [-0.25, -0.2) is 0 Å². The van der Waals surface area contributed by atoms with E-state index in [4.69, 9.17) is 15.5 Å². The molecule has 0 aromatic heterocycles. The van der Waals surface area contributed by atoms with Gasteiger partial charge in [-0.05, 0) is 55.7 Å². The number of carbonyl (C=O) groups is 1. The molecule has 0 radical (unpaired) electrons. The third kappa shape index (κ3) is 7.12. The van der Waals surface area contributed by atoms with Crippen molar-refractivity contribution in [3.8, 4) is 5.75 Å². The summed E-state index contributed by atoms with van der Waals surface area (Å²) in [5.74, 6) is 1.08. The first-order valence-corrected chi connectivity index (χ1v) is 10.1. The van der Waals surface area contributed by atoms with Gasteiger partial charge in [0.2, 0.25) is 0 Å². The van der Waals surface area contributed by atoms with E-state index in [1.165, 1.54) is 37.7 Å². The van der Waals surface area contributed by atoms with Crippen LogP contribution in [-0.2, 0) is 11.2 Å². The number of nitrogens with one attached hydrogen (secondary N) is 2. The normalized spacial score (nSPS) is 16.1. The fourth-order valence-electron chi connectivity index (χ4n) is 3.57. The lowest BCUT2D eigenvalue weighted by atomic mass is 9.84. The molecular formula is C21H34N4O2. The Morgan fingerprint density at radius 2 is 1.89 bits per heavy atom. The van der Waals surface area contributed by atoms with Gasteiger partial charge in [-0.15, -0.1) is 0 Å². The fraction of sp³-hybridized carbons (Fsp3) is 0.619. The molecule has 0 saturated heterocycles. The molecule has 1 aromatic carbocycles. The molecule has 150 valence electrons. The lowest BCUT2D eigenvalue weighted by molar-refractivity contribution is -0.119. The van der Waals surface area contributed by atoms with E-state index in [1.807, 2.05) is 24.3 Å². The number of nitrogens with two attached hydrogens (primary N) is 1. The Labute approximate surface area is 163 Å². The van der Waals surface area contributed by atoms with Crippen LogP contribution >= 0.6 is 0 Å². The average molecular weight is 375 g/mol. The Hall–Kier alpha value is -2.24. The highest BCUT2D eigenvalue weighted by Gasteiger charge is 2.31. The summed E-state index contributed by atoms with van der Waals surface area (Å²) in [4.78, 5) is 15.6. The number of aliphatic imine (C=N–C) groups is 1. The Balaban J connectivity index is 1.81. The van der Waals surface area contributed by atoms with Crippen LogP contribution in [0.3, 0.4) is 0 Å². The van der Waals surface area contributed by atoms with Crippen LogP contribution in [-0.4, -0.2) is 38.1 Å². The molecule has 27 heavy (non-hydrogen) atoms. The molecule has 0 aliphatic heterocycles. The summed E-state index contributed by atoms with van der Waals surface area (Å²) in [6.45, 7) is 6.86. The zero-order valence-corrected chi connectivity index (χ0v) is 16.7. The lowest BCUT2D eigenvalue weighted by Crippen LogP contribution is -2.39. The molecule has 0 atom stereocenters. The quantitative estimate of drug-likeness (QED) is 0.434. The number of hydrogen-bond acceptors (Lipinski definition) is 3. The van der Waals surface area contributed by atoms with Gasteiger partial charge >= 0.3 is 0 Å². The number of primary amides is 1. The molecule has 1 amide bonds. The topological polar surface area (TPSA) is 88.7 Å². The lowest BCUT2D eigenvalue weighted by Gasteiger charge is -2.25. The summed E-state index contributed by atoms with van der Waals surface area (Å²) in [6.07, 6.45) is 7.38. The second kappa shape index (κ2) is 10.8. The van der Waals surface area contributed by atoms with Crippen molar-refractivity contribution < 1.29 is 9.53 Å². The Morgan fingerprint density at radius 3 is 2.48 bits per heavy atom. The monoisotopic (exact) mass is 374 g/mol. The highest BCUT2D eigenvalue weighted by Crippen LogP contribution is 2.41. The minimum Gasteiger partial charge on any atom is -0.484 e. The van der Waals surface area contributed by atoms with Gasteiger partial charge in [-0.2, -0.15) is 0 Å². The van der Waals surface area contributed by atoms with Crippen LogP contribution in [0.15, 0.2) is 29.3 Å². The predicted octanol–water partition coefficient (Wildman–Crippen LogP) is 2.62. The first-order valence-electron chi connectivity index (χ1n) is 10.1. The molecule has 0 heterocycles. The number of guanidine groups is 1. The predicted molar refractivity (Wildman–Crippen MR) is 110 cm³/mol. The van der Waals surface area contributed by atoms with Crippen molar-refractivity contribution in [2.24, 2.45) is 16.1 Å². The molecular weight excluding hydrogens is 340 g/mol. The SMILES string of the molecule is CCNC(=NCC1(CC)CCCC1)NCCc1ccc(OCC(N)=O)cc1. The maximum absolute atomic E-state index is 10.7. The van der Waals surface area contributed by atoms with E-state index in [2.05, 4.69) is 24.5 Å².